The van der Waals surface area contributed by atoms with Crippen LogP contribution >= 0.6 is 35.2 Å². The first-order chi connectivity index (χ1) is 17.6. The number of ether oxygens (including phenoxy) is 1. The summed E-state index contributed by atoms with van der Waals surface area (Å²) in [6.07, 6.45) is -0.922. The molecule has 0 aromatic carbocycles. The van der Waals surface area contributed by atoms with Gasteiger partial charge in [-0.05, 0) is 6.42 Å². The van der Waals surface area contributed by atoms with Crippen molar-refractivity contribution in [2.24, 2.45) is 0 Å². The second kappa shape index (κ2) is 12.7. The molecule has 38 heavy (non-hydrogen) atoms. The van der Waals surface area contributed by atoms with E-state index in [2.05, 4.69) is 35.0 Å². The van der Waals surface area contributed by atoms with Gasteiger partial charge in [-0.3, -0.25) is 9.09 Å². The second-order valence-corrected chi connectivity index (χ2v) is 13.5. The minimum Gasteiger partial charge on any atom is -0.387 e. The number of nitrogen functional groups attached to an aromatic ring is 1. The van der Waals surface area contributed by atoms with Crippen LogP contribution < -0.4 is 5.73 Å². The number of anilines is 1. The zero-order valence-electron chi connectivity index (χ0n) is 19.8. The van der Waals surface area contributed by atoms with E-state index in [0.717, 1.165) is 25.7 Å². The lowest BCUT2D eigenvalue weighted by Gasteiger charge is -2.19. The lowest BCUT2D eigenvalue weighted by molar-refractivity contribution is -0.0540. The highest BCUT2D eigenvalue weighted by Gasteiger charge is 2.47. The number of imidazole rings is 1. The molecule has 3 heterocycles. The number of aromatic nitrogens is 4. The van der Waals surface area contributed by atoms with Crippen LogP contribution in [0.2, 0.25) is 0 Å². The van der Waals surface area contributed by atoms with Crippen molar-refractivity contribution in [1.82, 2.24) is 19.5 Å². The van der Waals surface area contributed by atoms with Crippen LogP contribution in [0.5, 0.6) is 0 Å². The van der Waals surface area contributed by atoms with Crippen LogP contribution in [0.1, 0.15) is 38.8 Å². The summed E-state index contributed by atoms with van der Waals surface area (Å²) in [6.45, 7) is 1.13. The van der Waals surface area contributed by atoms with E-state index in [1.807, 2.05) is 0 Å². The van der Waals surface area contributed by atoms with E-state index in [0.29, 0.717) is 10.9 Å². The van der Waals surface area contributed by atoms with Crippen LogP contribution in [0.15, 0.2) is 11.5 Å². The van der Waals surface area contributed by atoms with E-state index in [9.17, 15) is 33.7 Å². The third-order valence-corrected chi connectivity index (χ3v) is 9.95. The molecule has 8 N–H and O–H groups in total. The Bertz CT molecular complexity index is 1260. The molecule has 1 saturated heterocycles. The molecule has 1 aliphatic rings. The molecule has 3 rings (SSSR count). The van der Waals surface area contributed by atoms with Gasteiger partial charge in [0.2, 0.25) is 0 Å². The number of rotatable bonds is 14. The molecule has 0 saturated carbocycles. The average Bonchev–Trinajstić information content (AvgIpc) is 3.28. The number of nitrogens with zero attached hydrogens (tertiary/aromatic N) is 4. The zero-order chi connectivity index (χ0) is 28.3. The van der Waals surface area contributed by atoms with Crippen molar-refractivity contribution < 1.29 is 61.4 Å². The number of thioether (sulfide) groups is 1. The van der Waals surface area contributed by atoms with Gasteiger partial charge in [0.05, 0.1) is 6.61 Å². The standard InChI is InChI=1S/C16H28N5O13P3S/c1-2-3-4-5-6-38-16-20-10-13(17)18-8-19-14(10)21(16)15-12(23)11(22)9(32-15)7-31-36(27,28)34-37(29,30)33-35(24,25)26/h8-9,11-12,15,22-23H,2-7H2,1H3,(H,27,28)(H,29,30)(H2,17,18,19)(H2,24,25,26). The summed E-state index contributed by atoms with van der Waals surface area (Å²) in [7, 11) is -16.8. The maximum atomic E-state index is 12.0. The molecule has 2 aromatic rings. The Hall–Kier alpha value is -1.01. The molecule has 1 aliphatic heterocycles. The quantitative estimate of drug-likeness (QED) is 0.0879. The number of nitrogens with two attached hydrogens (primary N) is 1. The molecule has 0 radical (unpaired) electrons. The number of aliphatic hydroxyl groups excluding tert-OH is 2. The third kappa shape index (κ3) is 8.25. The van der Waals surface area contributed by atoms with Crippen molar-refractivity contribution in [3.8, 4) is 0 Å². The molecular weight excluding hydrogens is 595 g/mol. The Kier molecular flexibility index (Phi) is 10.5. The van der Waals surface area contributed by atoms with Crippen molar-refractivity contribution in [3.63, 3.8) is 0 Å². The van der Waals surface area contributed by atoms with Gasteiger partial charge in [-0.2, -0.15) is 8.62 Å². The molecule has 0 bridgehead atoms. The number of unbranched alkanes of at least 4 members (excludes halogenated alkanes) is 3. The van der Waals surface area contributed by atoms with Gasteiger partial charge in [0.25, 0.3) is 0 Å². The van der Waals surface area contributed by atoms with Gasteiger partial charge < -0.3 is 40.3 Å². The topological polar surface area (TPSA) is 279 Å². The highest BCUT2D eigenvalue weighted by Crippen LogP contribution is 2.66. The number of fused-ring (bicyclic) bond motifs is 1. The fourth-order valence-electron chi connectivity index (χ4n) is 3.48. The minimum absolute atomic E-state index is 0.0684. The van der Waals surface area contributed by atoms with Crippen LogP contribution in [-0.4, -0.2) is 80.0 Å². The molecule has 216 valence electrons. The second-order valence-electron chi connectivity index (χ2n) is 8.04. The van der Waals surface area contributed by atoms with Gasteiger partial charge in [0, 0.05) is 5.75 Å². The molecule has 18 nitrogen and oxygen atoms in total. The zero-order valence-corrected chi connectivity index (χ0v) is 23.3. The van der Waals surface area contributed by atoms with Crippen molar-refractivity contribution in [1.29, 1.82) is 0 Å². The summed E-state index contributed by atoms with van der Waals surface area (Å²) >= 11 is 1.34. The van der Waals surface area contributed by atoms with Crippen LogP contribution in [0.3, 0.4) is 0 Å². The summed E-state index contributed by atoms with van der Waals surface area (Å²) in [6, 6.07) is 0. The molecule has 1 fully saturated rings. The van der Waals surface area contributed by atoms with Crippen molar-refractivity contribution in [2.75, 3.05) is 18.1 Å². The van der Waals surface area contributed by atoms with Crippen molar-refractivity contribution >= 4 is 52.2 Å². The summed E-state index contributed by atoms with van der Waals surface area (Å²) < 4.78 is 53.2. The van der Waals surface area contributed by atoms with Crippen LogP contribution in [-0.2, 0) is 31.6 Å². The number of phosphoric ester groups is 1. The smallest absolute Gasteiger partial charge is 0.387 e. The Morgan fingerprint density at radius 3 is 2.42 bits per heavy atom. The van der Waals surface area contributed by atoms with E-state index in [-0.39, 0.29) is 17.0 Å². The van der Waals surface area contributed by atoms with E-state index < -0.39 is 54.6 Å². The SMILES string of the molecule is CCCCCCSc1nc2c(N)ncnc2n1C1OC(COP(=O)(O)OP(=O)(O)OP(=O)(O)O)C(O)C1O. The average molecular weight is 623 g/mol. The number of hydrogen-bond donors (Lipinski definition) is 7. The largest absolute Gasteiger partial charge is 0.490 e. The molecule has 2 aromatic heterocycles. The van der Waals surface area contributed by atoms with Gasteiger partial charge in [0.1, 0.15) is 24.6 Å². The van der Waals surface area contributed by atoms with Crippen molar-refractivity contribution in [2.45, 2.75) is 62.3 Å². The maximum absolute atomic E-state index is 12.0. The van der Waals surface area contributed by atoms with E-state index in [4.69, 9.17) is 20.3 Å². The summed E-state index contributed by atoms with van der Waals surface area (Å²) in [5, 5.41) is 21.6. The van der Waals surface area contributed by atoms with Gasteiger partial charge in [-0.15, -0.1) is 0 Å². The summed E-state index contributed by atoms with van der Waals surface area (Å²) in [5.41, 5.74) is 6.34. The van der Waals surface area contributed by atoms with Crippen molar-refractivity contribution in [3.05, 3.63) is 6.33 Å². The Labute approximate surface area is 220 Å². The Morgan fingerprint density at radius 2 is 1.76 bits per heavy atom. The lowest BCUT2D eigenvalue weighted by atomic mass is 10.1. The molecule has 6 atom stereocenters. The first-order valence-electron chi connectivity index (χ1n) is 11.1. The van der Waals surface area contributed by atoms with E-state index in [1.165, 1.54) is 22.7 Å². The Morgan fingerprint density at radius 1 is 1.05 bits per heavy atom. The summed E-state index contributed by atoms with van der Waals surface area (Å²) in [5.74, 6) is 0.733. The number of hydrogen-bond acceptors (Lipinski definition) is 14. The number of phosphoric acid groups is 3. The van der Waals surface area contributed by atoms with Gasteiger partial charge in [-0.1, -0.05) is 37.9 Å². The molecule has 22 heteroatoms. The maximum Gasteiger partial charge on any atom is 0.490 e. The highest BCUT2D eigenvalue weighted by molar-refractivity contribution is 7.99. The van der Waals surface area contributed by atoms with Gasteiger partial charge >= 0.3 is 23.5 Å². The normalized spacial score (nSPS) is 25.4. The van der Waals surface area contributed by atoms with Gasteiger partial charge in [-0.25, -0.2) is 28.6 Å². The fraction of sp³-hybridized carbons (Fsp3) is 0.688. The van der Waals surface area contributed by atoms with E-state index in [1.54, 1.807) is 0 Å². The van der Waals surface area contributed by atoms with Crippen LogP contribution in [0, 0.1) is 0 Å². The summed E-state index contributed by atoms with van der Waals surface area (Å²) in [4.78, 5) is 48.6. The first-order valence-corrected chi connectivity index (χ1v) is 16.6. The molecule has 0 amide bonds. The minimum atomic E-state index is -5.73. The predicted octanol–water partition coefficient (Wildman–Crippen LogP) is 1.04. The fourth-order valence-corrected chi connectivity index (χ4v) is 7.53. The molecule has 0 spiro atoms. The molecule has 6 unspecified atom stereocenters. The van der Waals surface area contributed by atoms with Crippen LogP contribution in [0.4, 0.5) is 5.82 Å². The molecule has 0 aliphatic carbocycles. The highest BCUT2D eigenvalue weighted by atomic mass is 32.2. The first kappa shape index (κ1) is 31.5. The third-order valence-electron chi connectivity index (χ3n) is 5.11. The van der Waals surface area contributed by atoms with Gasteiger partial charge in [0.15, 0.2) is 28.4 Å². The lowest BCUT2D eigenvalue weighted by Crippen LogP contribution is -2.33. The molecular formula is C16H28N5O13P3S. The Balaban J connectivity index is 1.76. The monoisotopic (exact) mass is 623 g/mol. The van der Waals surface area contributed by atoms with E-state index >= 15 is 0 Å². The predicted molar refractivity (Wildman–Crippen MR) is 130 cm³/mol. The number of aliphatic hydroxyl groups is 2. The van der Waals surface area contributed by atoms with Crippen LogP contribution in [0.25, 0.3) is 11.2 Å².